The molecule has 0 aliphatic rings. The number of hydrogen-bond donors (Lipinski definition) is 1. The quantitative estimate of drug-likeness (QED) is 0.489. The van der Waals surface area contributed by atoms with Crippen LogP contribution in [0.1, 0.15) is 16.6 Å². The minimum atomic E-state index is -0.120. The number of aromatic nitrogens is 3. The van der Waals surface area contributed by atoms with Crippen LogP contribution >= 0.6 is 23.1 Å². The van der Waals surface area contributed by atoms with Gasteiger partial charge in [0, 0.05) is 11.1 Å². The van der Waals surface area contributed by atoms with Crippen LogP contribution in [0.15, 0.2) is 57.5 Å². The highest BCUT2D eigenvalue weighted by molar-refractivity contribution is 7.99. The van der Waals surface area contributed by atoms with Crippen molar-refractivity contribution in [2.45, 2.75) is 18.6 Å². The molecule has 6 nitrogen and oxygen atoms in total. The average Bonchev–Trinajstić information content (AvgIpc) is 3.29. The van der Waals surface area contributed by atoms with Crippen molar-refractivity contribution in [2.75, 3.05) is 11.1 Å². The number of nitrogens with zero attached hydrogens (tertiary/aromatic N) is 3. The van der Waals surface area contributed by atoms with E-state index < -0.39 is 0 Å². The van der Waals surface area contributed by atoms with Gasteiger partial charge in [0.05, 0.1) is 22.9 Å². The second kappa shape index (κ2) is 7.89. The summed E-state index contributed by atoms with van der Waals surface area (Å²) >= 11 is 2.80. The average molecular weight is 396 g/mol. The Morgan fingerprint density at radius 1 is 1.19 bits per heavy atom. The summed E-state index contributed by atoms with van der Waals surface area (Å²) in [5.41, 5.74) is 1.68. The van der Waals surface area contributed by atoms with Crippen LogP contribution in [0.25, 0.3) is 10.8 Å². The van der Waals surface area contributed by atoms with E-state index in [1.165, 1.54) is 11.8 Å². The number of thiazole rings is 1. The molecule has 4 aromatic rings. The maximum Gasteiger partial charge on any atom is 0.277 e. The monoisotopic (exact) mass is 396 g/mol. The molecule has 8 heteroatoms. The molecule has 27 heavy (non-hydrogen) atoms. The van der Waals surface area contributed by atoms with E-state index in [2.05, 4.69) is 20.5 Å². The molecule has 0 aliphatic carbocycles. The van der Waals surface area contributed by atoms with Crippen molar-refractivity contribution >= 4 is 45.5 Å². The molecule has 136 valence electrons. The zero-order valence-electron chi connectivity index (χ0n) is 14.5. The summed E-state index contributed by atoms with van der Waals surface area (Å²) in [6, 6.07) is 13.9. The molecule has 0 unspecified atom stereocenters. The Morgan fingerprint density at radius 2 is 2.04 bits per heavy atom. The van der Waals surface area contributed by atoms with Crippen LogP contribution in [-0.4, -0.2) is 26.8 Å². The highest BCUT2D eigenvalue weighted by Gasteiger charge is 2.12. The molecule has 0 spiro atoms. The van der Waals surface area contributed by atoms with E-state index in [9.17, 15) is 4.79 Å². The fourth-order valence-corrected chi connectivity index (χ4v) is 3.80. The van der Waals surface area contributed by atoms with Crippen molar-refractivity contribution in [3.05, 3.63) is 64.4 Å². The largest absolute Gasteiger partial charge is 0.416 e. The SMILES string of the molecule is Cc1nc(Cc2nnc(SCC(=O)Nc3ccc4ccccc4c3)o2)cs1. The number of thioether (sulfide) groups is 1. The lowest BCUT2D eigenvalue weighted by molar-refractivity contribution is -0.113. The summed E-state index contributed by atoms with van der Waals surface area (Å²) in [5, 5.41) is 16.5. The summed E-state index contributed by atoms with van der Waals surface area (Å²) in [6.07, 6.45) is 0.501. The molecular weight excluding hydrogens is 380 g/mol. The predicted molar refractivity (Wildman–Crippen MR) is 107 cm³/mol. The summed E-state index contributed by atoms with van der Waals surface area (Å²) in [5.74, 6) is 0.576. The van der Waals surface area contributed by atoms with Crippen molar-refractivity contribution < 1.29 is 9.21 Å². The number of aryl methyl sites for hydroxylation is 1. The number of hydrogen-bond acceptors (Lipinski definition) is 7. The van der Waals surface area contributed by atoms with E-state index in [4.69, 9.17) is 4.42 Å². The van der Waals surface area contributed by atoms with Crippen LogP contribution in [0.5, 0.6) is 0 Å². The molecule has 0 atom stereocenters. The zero-order chi connectivity index (χ0) is 18.6. The summed E-state index contributed by atoms with van der Waals surface area (Å²) in [6.45, 7) is 1.96. The number of carbonyl (C=O) groups excluding carboxylic acids is 1. The Labute approximate surface area is 164 Å². The van der Waals surface area contributed by atoms with E-state index in [0.717, 1.165) is 27.2 Å². The first kappa shape index (κ1) is 17.7. The number of fused-ring (bicyclic) bond motifs is 1. The Balaban J connectivity index is 1.32. The minimum Gasteiger partial charge on any atom is -0.416 e. The predicted octanol–water partition coefficient (Wildman–Crippen LogP) is 4.31. The maximum atomic E-state index is 12.2. The number of amides is 1. The Morgan fingerprint density at radius 3 is 2.85 bits per heavy atom. The maximum absolute atomic E-state index is 12.2. The van der Waals surface area contributed by atoms with Crippen molar-refractivity contribution in [1.29, 1.82) is 0 Å². The van der Waals surface area contributed by atoms with Crippen molar-refractivity contribution in [1.82, 2.24) is 15.2 Å². The van der Waals surface area contributed by atoms with Gasteiger partial charge in [0.2, 0.25) is 11.8 Å². The standard InChI is InChI=1S/C19H16N4O2S2/c1-12-20-16(10-26-12)9-18-22-23-19(25-18)27-11-17(24)21-15-7-6-13-4-2-3-5-14(13)8-15/h2-8,10H,9,11H2,1H3,(H,21,24). The lowest BCUT2D eigenvalue weighted by Crippen LogP contribution is -2.13. The summed E-state index contributed by atoms with van der Waals surface area (Å²) in [7, 11) is 0. The van der Waals surface area contributed by atoms with Crippen molar-refractivity contribution in [3.63, 3.8) is 0 Å². The van der Waals surface area contributed by atoms with E-state index in [1.54, 1.807) is 11.3 Å². The van der Waals surface area contributed by atoms with Gasteiger partial charge in [-0.3, -0.25) is 4.79 Å². The molecular formula is C19H16N4O2S2. The zero-order valence-corrected chi connectivity index (χ0v) is 16.1. The van der Waals surface area contributed by atoms with Crippen molar-refractivity contribution in [2.24, 2.45) is 0 Å². The molecule has 0 saturated carbocycles. The Hall–Kier alpha value is -2.71. The smallest absolute Gasteiger partial charge is 0.277 e. The normalized spacial score (nSPS) is 11.0. The number of carbonyl (C=O) groups is 1. The second-order valence-electron chi connectivity index (χ2n) is 5.90. The van der Waals surface area contributed by atoms with Gasteiger partial charge in [-0.25, -0.2) is 4.98 Å². The minimum absolute atomic E-state index is 0.120. The molecule has 0 bridgehead atoms. The molecule has 2 aromatic carbocycles. The highest BCUT2D eigenvalue weighted by atomic mass is 32.2. The Kier molecular flexibility index (Phi) is 5.17. The number of nitrogens with one attached hydrogen (secondary N) is 1. The second-order valence-corrected chi connectivity index (χ2v) is 7.88. The molecule has 4 rings (SSSR count). The van der Waals surface area contributed by atoms with E-state index in [0.29, 0.717) is 17.5 Å². The third kappa shape index (κ3) is 4.53. The molecule has 0 aliphatic heterocycles. The molecule has 1 amide bonds. The van der Waals surface area contributed by atoms with Crippen LogP contribution in [0.2, 0.25) is 0 Å². The van der Waals surface area contributed by atoms with Gasteiger partial charge in [-0.1, -0.05) is 42.1 Å². The van der Waals surface area contributed by atoms with Gasteiger partial charge < -0.3 is 9.73 Å². The van der Waals surface area contributed by atoms with Crippen LogP contribution in [-0.2, 0) is 11.2 Å². The van der Waals surface area contributed by atoms with Gasteiger partial charge in [-0.05, 0) is 29.8 Å². The molecule has 0 fully saturated rings. The van der Waals surface area contributed by atoms with E-state index in [1.807, 2.05) is 54.8 Å². The van der Waals surface area contributed by atoms with Crippen LogP contribution < -0.4 is 5.32 Å². The molecule has 0 saturated heterocycles. The van der Waals surface area contributed by atoms with Crippen LogP contribution in [0.3, 0.4) is 0 Å². The lowest BCUT2D eigenvalue weighted by Gasteiger charge is -2.05. The Bertz CT molecular complexity index is 1090. The van der Waals surface area contributed by atoms with Gasteiger partial charge in [-0.2, -0.15) is 0 Å². The summed E-state index contributed by atoms with van der Waals surface area (Å²) in [4.78, 5) is 16.6. The molecule has 2 aromatic heterocycles. The first-order valence-electron chi connectivity index (χ1n) is 8.30. The van der Waals surface area contributed by atoms with Crippen LogP contribution in [0.4, 0.5) is 5.69 Å². The topological polar surface area (TPSA) is 80.9 Å². The van der Waals surface area contributed by atoms with Crippen molar-refractivity contribution in [3.8, 4) is 0 Å². The third-order valence-electron chi connectivity index (χ3n) is 3.81. The fraction of sp³-hybridized carbons (Fsp3) is 0.158. The molecule has 2 heterocycles. The molecule has 0 radical (unpaired) electrons. The third-order valence-corrected chi connectivity index (χ3v) is 5.45. The number of benzene rings is 2. The fourth-order valence-electron chi connectivity index (χ4n) is 2.60. The molecule has 1 N–H and O–H groups in total. The van der Waals surface area contributed by atoms with E-state index >= 15 is 0 Å². The first-order chi connectivity index (χ1) is 13.2. The number of rotatable bonds is 6. The van der Waals surface area contributed by atoms with E-state index in [-0.39, 0.29) is 11.7 Å². The van der Waals surface area contributed by atoms with Gasteiger partial charge in [-0.15, -0.1) is 21.5 Å². The highest BCUT2D eigenvalue weighted by Crippen LogP contribution is 2.21. The summed E-state index contributed by atoms with van der Waals surface area (Å²) < 4.78 is 5.58. The lowest BCUT2D eigenvalue weighted by atomic mass is 10.1. The number of anilines is 1. The van der Waals surface area contributed by atoms with Crippen LogP contribution in [0, 0.1) is 6.92 Å². The van der Waals surface area contributed by atoms with Gasteiger partial charge >= 0.3 is 0 Å². The first-order valence-corrected chi connectivity index (χ1v) is 10.2. The van der Waals surface area contributed by atoms with Gasteiger partial charge in [0.15, 0.2) is 0 Å². The van der Waals surface area contributed by atoms with Gasteiger partial charge in [0.25, 0.3) is 5.22 Å². The van der Waals surface area contributed by atoms with Gasteiger partial charge in [0.1, 0.15) is 0 Å².